The first kappa shape index (κ1) is 24.4. The summed E-state index contributed by atoms with van der Waals surface area (Å²) >= 11 is 8.10. The summed E-state index contributed by atoms with van der Waals surface area (Å²) < 4.78 is 1.05. The molecule has 186 valence electrons. The number of carbonyl (C=O) groups is 1. The van der Waals surface area contributed by atoms with Gasteiger partial charge in [-0.05, 0) is 57.0 Å². The molecule has 1 amide bonds. The third-order valence-corrected chi connectivity index (χ3v) is 8.02. The van der Waals surface area contributed by atoms with Crippen molar-refractivity contribution in [2.75, 3.05) is 51.1 Å². The highest BCUT2D eigenvalue weighted by molar-refractivity contribution is 7.22. The first-order chi connectivity index (χ1) is 17.1. The van der Waals surface area contributed by atoms with E-state index in [0.717, 1.165) is 60.4 Å². The van der Waals surface area contributed by atoms with Gasteiger partial charge in [0.2, 0.25) is 5.95 Å². The number of benzene rings is 1. The first-order valence-electron chi connectivity index (χ1n) is 12.7. The fraction of sp³-hybridized carbons (Fsp3) is 0.500. The molecule has 1 aromatic carbocycles. The van der Waals surface area contributed by atoms with Crippen LogP contribution in [0.2, 0.25) is 5.02 Å². The van der Waals surface area contributed by atoms with Crippen LogP contribution in [0, 0.1) is 0 Å². The molecule has 0 radical (unpaired) electrons. The van der Waals surface area contributed by atoms with Crippen molar-refractivity contribution in [3.05, 3.63) is 41.0 Å². The lowest BCUT2D eigenvalue weighted by atomic mass is 10.1. The average Bonchev–Trinajstić information content (AvgIpc) is 3.57. The van der Waals surface area contributed by atoms with Crippen molar-refractivity contribution in [1.29, 1.82) is 0 Å². The van der Waals surface area contributed by atoms with Crippen LogP contribution in [0.25, 0.3) is 20.7 Å². The Hall–Kier alpha value is -2.26. The monoisotopic (exact) mass is 512 g/mol. The van der Waals surface area contributed by atoms with Gasteiger partial charge in [-0.1, -0.05) is 24.6 Å². The summed E-state index contributed by atoms with van der Waals surface area (Å²) in [7, 11) is 0. The van der Waals surface area contributed by atoms with Crippen LogP contribution in [0.5, 0.6) is 0 Å². The van der Waals surface area contributed by atoms with Gasteiger partial charge in [-0.3, -0.25) is 4.79 Å². The number of piperazine rings is 1. The molecule has 0 spiro atoms. The van der Waals surface area contributed by atoms with Gasteiger partial charge in [0.25, 0.3) is 5.91 Å². The smallest absolute Gasteiger partial charge is 0.252 e. The van der Waals surface area contributed by atoms with Gasteiger partial charge in [-0.15, -0.1) is 11.3 Å². The largest absolute Gasteiger partial charge is 0.354 e. The fourth-order valence-corrected chi connectivity index (χ4v) is 5.89. The normalized spacial score (nSPS) is 17.1. The molecule has 2 aliphatic rings. The minimum atomic E-state index is -0.00892. The predicted octanol–water partition coefficient (Wildman–Crippen LogP) is 4.73. The van der Waals surface area contributed by atoms with Crippen LogP contribution in [0.15, 0.2) is 30.5 Å². The summed E-state index contributed by atoms with van der Waals surface area (Å²) in [5.74, 6) is 0.576. The lowest BCUT2D eigenvalue weighted by Crippen LogP contribution is -2.46. The minimum absolute atomic E-state index is 0.00892. The van der Waals surface area contributed by atoms with E-state index in [4.69, 9.17) is 16.6 Å². The van der Waals surface area contributed by atoms with E-state index in [1.807, 2.05) is 24.3 Å². The Balaban J connectivity index is 1.21. The van der Waals surface area contributed by atoms with Gasteiger partial charge in [-0.2, -0.15) is 0 Å². The summed E-state index contributed by atoms with van der Waals surface area (Å²) in [6.45, 7) is 9.98. The van der Waals surface area contributed by atoms with E-state index in [0.29, 0.717) is 28.3 Å². The second-order valence-corrected chi connectivity index (χ2v) is 10.9. The zero-order chi connectivity index (χ0) is 24.2. The molecule has 5 rings (SSSR count). The van der Waals surface area contributed by atoms with Gasteiger partial charge >= 0.3 is 0 Å². The van der Waals surface area contributed by atoms with E-state index in [-0.39, 0.29) is 5.91 Å². The maximum Gasteiger partial charge on any atom is 0.252 e. The van der Waals surface area contributed by atoms with E-state index in [1.54, 1.807) is 17.5 Å². The Kier molecular flexibility index (Phi) is 7.82. The summed E-state index contributed by atoms with van der Waals surface area (Å²) in [5.41, 5.74) is 1.40. The molecule has 0 unspecified atom stereocenters. The number of aromatic nitrogens is 2. The molecule has 3 aromatic rings. The molecule has 0 bridgehead atoms. The van der Waals surface area contributed by atoms with Crippen molar-refractivity contribution in [2.24, 2.45) is 0 Å². The van der Waals surface area contributed by atoms with Crippen LogP contribution >= 0.6 is 22.9 Å². The van der Waals surface area contributed by atoms with Crippen LogP contribution in [0.3, 0.4) is 0 Å². The number of hydrogen-bond donors (Lipinski definition) is 2. The number of anilines is 1. The van der Waals surface area contributed by atoms with Crippen LogP contribution in [-0.2, 0) is 0 Å². The van der Waals surface area contributed by atoms with Crippen molar-refractivity contribution >= 4 is 44.9 Å². The Labute approximate surface area is 215 Å². The molecule has 35 heavy (non-hydrogen) atoms. The Morgan fingerprint density at radius 2 is 1.94 bits per heavy atom. The Morgan fingerprint density at radius 1 is 1.17 bits per heavy atom. The molecule has 9 heteroatoms. The molecule has 1 aliphatic carbocycles. The molecule has 2 N–H and O–H groups in total. The van der Waals surface area contributed by atoms with Gasteiger partial charge in [0.05, 0.1) is 16.1 Å². The van der Waals surface area contributed by atoms with Crippen molar-refractivity contribution in [3.63, 3.8) is 0 Å². The van der Waals surface area contributed by atoms with Gasteiger partial charge in [0.15, 0.2) is 0 Å². The van der Waals surface area contributed by atoms with Crippen molar-refractivity contribution < 1.29 is 4.79 Å². The number of halogens is 1. The summed E-state index contributed by atoms with van der Waals surface area (Å²) in [5, 5.41) is 7.90. The molecule has 2 fully saturated rings. The predicted molar refractivity (Wildman–Crippen MR) is 145 cm³/mol. The van der Waals surface area contributed by atoms with E-state index in [1.165, 1.54) is 26.1 Å². The van der Waals surface area contributed by atoms with E-state index < -0.39 is 0 Å². The summed E-state index contributed by atoms with van der Waals surface area (Å²) in [6, 6.07) is 8.20. The maximum absolute atomic E-state index is 12.7. The van der Waals surface area contributed by atoms with E-state index in [2.05, 4.69) is 32.3 Å². The quantitative estimate of drug-likeness (QED) is 0.382. The second kappa shape index (κ2) is 11.2. The van der Waals surface area contributed by atoms with Crippen LogP contribution < -0.4 is 10.6 Å². The molecule has 2 aromatic heterocycles. The third-order valence-electron chi connectivity index (χ3n) is 6.64. The number of hydrogen-bond acceptors (Lipinski definition) is 7. The van der Waals surface area contributed by atoms with E-state index in [9.17, 15) is 4.79 Å². The maximum atomic E-state index is 12.7. The highest BCUT2D eigenvalue weighted by Crippen LogP contribution is 2.37. The van der Waals surface area contributed by atoms with Crippen LogP contribution in [0.1, 0.15) is 43.0 Å². The van der Waals surface area contributed by atoms with Crippen molar-refractivity contribution in [3.8, 4) is 10.6 Å². The lowest BCUT2D eigenvalue weighted by Gasteiger charge is -2.34. The van der Waals surface area contributed by atoms with E-state index >= 15 is 0 Å². The number of nitrogens with one attached hydrogen (secondary N) is 2. The minimum Gasteiger partial charge on any atom is -0.354 e. The highest BCUT2D eigenvalue weighted by atomic mass is 35.5. The van der Waals surface area contributed by atoms with Gasteiger partial charge < -0.3 is 20.4 Å². The zero-order valence-electron chi connectivity index (χ0n) is 20.2. The Bertz CT molecular complexity index is 1170. The average molecular weight is 513 g/mol. The molecule has 1 saturated carbocycles. The number of fused-ring (bicyclic) bond motifs is 1. The topological polar surface area (TPSA) is 73.4 Å². The number of thiophene rings is 1. The lowest BCUT2D eigenvalue weighted by molar-refractivity contribution is 0.0953. The number of carbonyl (C=O) groups excluding carboxylic acids is 1. The highest BCUT2D eigenvalue weighted by Gasteiger charge is 2.25. The SMILES string of the molecule is CCCN1CCN(CCCNc2ncc(Cl)c(-c3cc4c(C(=O)NC5CC5)cccc4s3)n2)CC1. The number of rotatable bonds is 10. The van der Waals surface area contributed by atoms with Crippen molar-refractivity contribution in [1.82, 2.24) is 25.1 Å². The zero-order valence-corrected chi connectivity index (χ0v) is 21.8. The second-order valence-electron chi connectivity index (χ2n) is 9.43. The molecule has 7 nitrogen and oxygen atoms in total. The molecule has 1 aliphatic heterocycles. The summed E-state index contributed by atoms with van der Waals surface area (Å²) in [4.78, 5) is 27.8. The molecule has 3 heterocycles. The molecule has 0 atom stereocenters. The molecule has 1 saturated heterocycles. The van der Waals surface area contributed by atoms with Crippen LogP contribution in [0.4, 0.5) is 5.95 Å². The van der Waals surface area contributed by atoms with Gasteiger partial charge in [-0.25, -0.2) is 9.97 Å². The Morgan fingerprint density at radius 3 is 2.69 bits per heavy atom. The number of amides is 1. The third kappa shape index (κ3) is 6.12. The summed E-state index contributed by atoms with van der Waals surface area (Å²) in [6.07, 6.45) is 6.06. The molecular weight excluding hydrogens is 480 g/mol. The first-order valence-corrected chi connectivity index (χ1v) is 13.8. The molecular formula is C26H33ClN6OS. The van der Waals surface area contributed by atoms with Crippen LogP contribution in [-0.4, -0.2) is 77.5 Å². The van der Waals surface area contributed by atoms with Gasteiger partial charge in [0, 0.05) is 54.4 Å². The fourth-order valence-electron chi connectivity index (χ4n) is 4.55. The standard InChI is InChI=1S/C26H33ClN6OS/c1-2-10-32-12-14-33(15-13-32)11-4-9-28-26-29-17-21(27)24(31-26)23-16-20-19(5-3-6-22(20)35-23)25(34)30-18-7-8-18/h3,5-6,16-18H,2,4,7-15H2,1H3,(H,30,34)(H,28,29,31). The van der Waals surface area contributed by atoms with Gasteiger partial charge in [0.1, 0.15) is 5.69 Å². The number of nitrogens with zero attached hydrogens (tertiary/aromatic N) is 4. The van der Waals surface area contributed by atoms with Crippen molar-refractivity contribution in [2.45, 2.75) is 38.6 Å².